The van der Waals surface area contributed by atoms with Gasteiger partial charge in [0.25, 0.3) is 0 Å². The third-order valence-corrected chi connectivity index (χ3v) is 2.98. The number of H-pyrrole nitrogens is 1. The van der Waals surface area contributed by atoms with Gasteiger partial charge in [-0.3, -0.25) is 0 Å². The Morgan fingerprint density at radius 1 is 1.06 bits per heavy atom. The molecule has 0 saturated carbocycles. The van der Waals surface area contributed by atoms with Crippen LogP contribution < -0.4 is 4.74 Å². The van der Waals surface area contributed by atoms with Crippen molar-refractivity contribution in [2.75, 3.05) is 7.11 Å². The Kier molecular flexibility index (Phi) is 2.52. The van der Waals surface area contributed by atoms with Crippen LogP contribution in [-0.2, 0) is 0 Å². The van der Waals surface area contributed by atoms with Gasteiger partial charge in [0, 0.05) is 16.5 Å². The molecule has 18 heavy (non-hydrogen) atoms. The molecule has 1 aromatic heterocycles. The van der Waals surface area contributed by atoms with E-state index in [2.05, 4.69) is 4.98 Å². The van der Waals surface area contributed by atoms with Gasteiger partial charge in [-0.1, -0.05) is 18.2 Å². The summed E-state index contributed by atoms with van der Waals surface area (Å²) in [7, 11) is 1.58. The van der Waals surface area contributed by atoms with E-state index in [0.717, 1.165) is 22.2 Å². The highest BCUT2D eigenvalue weighted by molar-refractivity contribution is 5.86. The summed E-state index contributed by atoms with van der Waals surface area (Å²) in [6, 6.07) is 14.4. The third kappa shape index (κ3) is 1.74. The third-order valence-electron chi connectivity index (χ3n) is 2.98. The summed E-state index contributed by atoms with van der Waals surface area (Å²) < 4.78 is 18.6. The fourth-order valence-corrected chi connectivity index (χ4v) is 2.11. The van der Waals surface area contributed by atoms with E-state index in [-0.39, 0.29) is 5.82 Å². The smallest absolute Gasteiger partial charge is 0.128 e. The van der Waals surface area contributed by atoms with Crippen molar-refractivity contribution in [1.29, 1.82) is 0 Å². The zero-order valence-corrected chi connectivity index (χ0v) is 9.91. The van der Waals surface area contributed by atoms with Crippen LogP contribution in [0.4, 0.5) is 4.39 Å². The van der Waals surface area contributed by atoms with E-state index >= 15 is 0 Å². The molecule has 1 heterocycles. The van der Waals surface area contributed by atoms with Crippen LogP contribution in [0.2, 0.25) is 0 Å². The Hall–Kier alpha value is -2.29. The zero-order chi connectivity index (χ0) is 12.5. The number of fused-ring (bicyclic) bond motifs is 1. The Morgan fingerprint density at radius 3 is 2.67 bits per heavy atom. The molecular formula is C15H12FNO. The van der Waals surface area contributed by atoms with E-state index in [4.69, 9.17) is 4.74 Å². The van der Waals surface area contributed by atoms with Crippen molar-refractivity contribution in [3.8, 4) is 17.0 Å². The number of hydrogen-bond acceptors (Lipinski definition) is 1. The van der Waals surface area contributed by atoms with Crippen molar-refractivity contribution in [2.45, 2.75) is 0 Å². The predicted molar refractivity (Wildman–Crippen MR) is 70.2 cm³/mol. The number of benzene rings is 2. The second-order valence-electron chi connectivity index (χ2n) is 4.11. The van der Waals surface area contributed by atoms with Crippen LogP contribution in [0, 0.1) is 5.82 Å². The Bertz CT molecular complexity index is 670. The summed E-state index contributed by atoms with van der Waals surface area (Å²) in [6.45, 7) is 0. The molecule has 3 aromatic rings. The topological polar surface area (TPSA) is 25.0 Å². The number of hydrogen-bond donors (Lipinski definition) is 1. The first-order chi connectivity index (χ1) is 8.78. The maximum atomic E-state index is 13.4. The SMILES string of the molecule is COc1ccc(F)cc1-c1cc2ccccc2[nH]1. The highest BCUT2D eigenvalue weighted by Gasteiger charge is 2.09. The zero-order valence-electron chi connectivity index (χ0n) is 9.91. The largest absolute Gasteiger partial charge is 0.496 e. The van der Waals surface area contributed by atoms with E-state index in [1.54, 1.807) is 13.2 Å². The van der Waals surface area contributed by atoms with Gasteiger partial charge >= 0.3 is 0 Å². The summed E-state index contributed by atoms with van der Waals surface area (Å²) in [4.78, 5) is 3.27. The molecule has 0 bridgehead atoms. The molecule has 0 atom stereocenters. The van der Waals surface area contributed by atoms with Gasteiger partial charge in [-0.05, 0) is 30.3 Å². The lowest BCUT2D eigenvalue weighted by Crippen LogP contribution is -1.89. The maximum Gasteiger partial charge on any atom is 0.128 e. The van der Waals surface area contributed by atoms with Crippen LogP contribution in [0.15, 0.2) is 48.5 Å². The quantitative estimate of drug-likeness (QED) is 0.721. The van der Waals surface area contributed by atoms with E-state index in [1.165, 1.54) is 12.1 Å². The lowest BCUT2D eigenvalue weighted by atomic mass is 10.1. The summed E-state index contributed by atoms with van der Waals surface area (Å²) in [5.41, 5.74) is 2.61. The molecule has 0 aliphatic rings. The maximum absolute atomic E-state index is 13.4. The van der Waals surface area contributed by atoms with E-state index < -0.39 is 0 Å². The first-order valence-corrected chi connectivity index (χ1v) is 5.69. The van der Waals surface area contributed by atoms with Crippen LogP contribution in [0.25, 0.3) is 22.2 Å². The van der Waals surface area contributed by atoms with Crippen molar-refractivity contribution in [2.24, 2.45) is 0 Å². The molecule has 0 amide bonds. The minimum Gasteiger partial charge on any atom is -0.496 e. The highest BCUT2D eigenvalue weighted by atomic mass is 19.1. The Morgan fingerprint density at radius 2 is 1.89 bits per heavy atom. The molecular weight excluding hydrogens is 229 g/mol. The molecule has 0 radical (unpaired) electrons. The highest BCUT2D eigenvalue weighted by Crippen LogP contribution is 2.32. The molecule has 3 rings (SSSR count). The normalized spacial score (nSPS) is 10.8. The molecule has 0 spiro atoms. The minimum absolute atomic E-state index is 0.274. The van der Waals surface area contributed by atoms with Gasteiger partial charge in [-0.15, -0.1) is 0 Å². The number of nitrogens with one attached hydrogen (secondary N) is 1. The average Bonchev–Trinajstić information content (AvgIpc) is 2.82. The first-order valence-electron chi connectivity index (χ1n) is 5.69. The standard InChI is InChI=1S/C15H12FNO/c1-18-15-7-6-11(16)9-12(15)14-8-10-4-2-3-5-13(10)17-14/h2-9,17H,1H3. The second kappa shape index (κ2) is 4.18. The molecule has 2 aromatic carbocycles. The van der Waals surface area contributed by atoms with Gasteiger partial charge in [0.1, 0.15) is 11.6 Å². The fourth-order valence-electron chi connectivity index (χ4n) is 2.11. The molecule has 0 aliphatic carbocycles. The fraction of sp³-hybridized carbons (Fsp3) is 0.0667. The van der Waals surface area contributed by atoms with Gasteiger partial charge in [-0.25, -0.2) is 4.39 Å². The number of halogens is 1. The lowest BCUT2D eigenvalue weighted by molar-refractivity contribution is 0.415. The summed E-state index contributed by atoms with van der Waals surface area (Å²) >= 11 is 0. The number of ether oxygens (including phenoxy) is 1. The number of aromatic amines is 1. The number of rotatable bonds is 2. The van der Waals surface area contributed by atoms with Crippen molar-refractivity contribution in [3.05, 3.63) is 54.3 Å². The van der Waals surface area contributed by atoms with Gasteiger partial charge in [0.15, 0.2) is 0 Å². The number of methoxy groups -OCH3 is 1. The summed E-state index contributed by atoms with van der Waals surface area (Å²) in [6.07, 6.45) is 0. The molecule has 3 heteroatoms. The molecule has 0 saturated heterocycles. The number of aromatic nitrogens is 1. The van der Waals surface area contributed by atoms with Crippen LogP contribution in [-0.4, -0.2) is 12.1 Å². The first kappa shape index (κ1) is 10.8. The monoisotopic (exact) mass is 241 g/mol. The molecule has 0 fully saturated rings. The van der Waals surface area contributed by atoms with Crippen molar-refractivity contribution >= 4 is 10.9 Å². The van der Waals surface area contributed by atoms with Gasteiger partial charge in [0.2, 0.25) is 0 Å². The van der Waals surface area contributed by atoms with Crippen LogP contribution in [0.3, 0.4) is 0 Å². The van der Waals surface area contributed by atoms with Crippen LogP contribution in [0.1, 0.15) is 0 Å². The minimum atomic E-state index is -0.274. The van der Waals surface area contributed by atoms with Crippen molar-refractivity contribution in [3.63, 3.8) is 0 Å². The molecule has 0 unspecified atom stereocenters. The molecule has 2 nitrogen and oxygen atoms in total. The van der Waals surface area contributed by atoms with E-state index in [0.29, 0.717) is 5.75 Å². The molecule has 0 aliphatic heterocycles. The molecule has 90 valence electrons. The van der Waals surface area contributed by atoms with Crippen LogP contribution >= 0.6 is 0 Å². The van der Waals surface area contributed by atoms with Crippen molar-refractivity contribution in [1.82, 2.24) is 4.98 Å². The lowest BCUT2D eigenvalue weighted by Gasteiger charge is -2.06. The second-order valence-corrected chi connectivity index (χ2v) is 4.11. The summed E-state index contributed by atoms with van der Waals surface area (Å²) in [5.74, 6) is 0.382. The van der Waals surface area contributed by atoms with Crippen LogP contribution in [0.5, 0.6) is 5.75 Å². The van der Waals surface area contributed by atoms with Gasteiger partial charge in [0.05, 0.1) is 12.8 Å². The Balaban J connectivity index is 2.22. The molecule has 1 N–H and O–H groups in total. The van der Waals surface area contributed by atoms with E-state index in [9.17, 15) is 4.39 Å². The van der Waals surface area contributed by atoms with Gasteiger partial charge < -0.3 is 9.72 Å². The van der Waals surface area contributed by atoms with Gasteiger partial charge in [-0.2, -0.15) is 0 Å². The predicted octanol–water partition coefficient (Wildman–Crippen LogP) is 3.98. The Labute approximate surface area is 104 Å². The summed E-state index contributed by atoms with van der Waals surface area (Å²) in [5, 5.41) is 1.10. The van der Waals surface area contributed by atoms with E-state index in [1.807, 2.05) is 30.3 Å². The average molecular weight is 241 g/mol. The number of para-hydroxylation sites is 1. The van der Waals surface area contributed by atoms with Crippen molar-refractivity contribution < 1.29 is 9.13 Å².